The number of hydrogen-bond acceptors (Lipinski definition) is 1. The molecule has 0 aromatic heterocycles. The first-order chi connectivity index (χ1) is 8.99. The number of unbranched alkanes of at least 4 members (excludes halogenated alkanes) is 1. The minimum atomic E-state index is -3.99. The van der Waals surface area contributed by atoms with Crippen molar-refractivity contribution in [2.24, 2.45) is 11.8 Å². The summed E-state index contributed by atoms with van der Waals surface area (Å²) in [7, 11) is 0. The summed E-state index contributed by atoms with van der Waals surface area (Å²) < 4.78 is 38.0. The molecular formula is C15H28F3N. The highest BCUT2D eigenvalue weighted by molar-refractivity contribution is 4.84. The van der Waals surface area contributed by atoms with Crippen LogP contribution < -0.4 is 5.32 Å². The zero-order valence-corrected chi connectivity index (χ0v) is 12.2. The monoisotopic (exact) mass is 279 g/mol. The van der Waals surface area contributed by atoms with Crippen molar-refractivity contribution in [2.75, 3.05) is 6.54 Å². The number of halogens is 3. The van der Waals surface area contributed by atoms with Crippen LogP contribution in [0.15, 0.2) is 0 Å². The van der Waals surface area contributed by atoms with Crippen LogP contribution in [0.25, 0.3) is 0 Å². The lowest BCUT2D eigenvalue weighted by Gasteiger charge is -2.35. The highest BCUT2D eigenvalue weighted by atomic mass is 19.4. The van der Waals surface area contributed by atoms with Gasteiger partial charge in [-0.05, 0) is 51.0 Å². The van der Waals surface area contributed by atoms with Crippen LogP contribution in [0, 0.1) is 11.8 Å². The maximum Gasteiger partial charge on any atom is 0.391 e. The lowest BCUT2D eigenvalue weighted by atomic mass is 9.77. The highest BCUT2D eigenvalue weighted by Crippen LogP contribution is 2.40. The van der Waals surface area contributed by atoms with Gasteiger partial charge in [-0.25, -0.2) is 0 Å². The summed E-state index contributed by atoms with van der Waals surface area (Å²) in [5.41, 5.74) is 0. The van der Waals surface area contributed by atoms with Crippen LogP contribution >= 0.6 is 0 Å². The number of nitrogens with one attached hydrogen (secondary N) is 1. The molecule has 0 aromatic carbocycles. The third kappa shape index (κ3) is 5.72. The molecule has 4 heteroatoms. The SMILES string of the molecule is CCCCC(NCCC)C1CCC(C(F)(F)F)CC1. The second-order valence-corrected chi connectivity index (χ2v) is 5.86. The number of alkyl halides is 3. The molecule has 1 rings (SSSR count). The highest BCUT2D eigenvalue weighted by Gasteiger charge is 2.42. The van der Waals surface area contributed by atoms with Crippen LogP contribution in [0.4, 0.5) is 13.2 Å². The quantitative estimate of drug-likeness (QED) is 0.698. The molecule has 0 bridgehead atoms. The van der Waals surface area contributed by atoms with Crippen LogP contribution in [-0.2, 0) is 0 Å². The van der Waals surface area contributed by atoms with Crippen molar-refractivity contribution in [2.45, 2.75) is 77.4 Å². The second-order valence-electron chi connectivity index (χ2n) is 5.86. The first kappa shape index (κ1) is 16.8. The summed E-state index contributed by atoms with van der Waals surface area (Å²) in [5, 5.41) is 3.55. The van der Waals surface area contributed by atoms with E-state index in [1.165, 1.54) is 6.42 Å². The lowest BCUT2D eigenvalue weighted by molar-refractivity contribution is -0.184. The van der Waals surface area contributed by atoms with Gasteiger partial charge in [-0.1, -0.05) is 26.7 Å². The van der Waals surface area contributed by atoms with E-state index < -0.39 is 12.1 Å². The maximum atomic E-state index is 12.7. The van der Waals surface area contributed by atoms with Crippen molar-refractivity contribution in [1.82, 2.24) is 5.32 Å². The third-order valence-corrected chi connectivity index (χ3v) is 4.33. The van der Waals surface area contributed by atoms with Gasteiger partial charge in [-0.15, -0.1) is 0 Å². The van der Waals surface area contributed by atoms with Crippen molar-refractivity contribution in [3.05, 3.63) is 0 Å². The van der Waals surface area contributed by atoms with Gasteiger partial charge in [-0.3, -0.25) is 0 Å². The fourth-order valence-corrected chi connectivity index (χ4v) is 3.11. The van der Waals surface area contributed by atoms with Crippen LogP contribution in [-0.4, -0.2) is 18.8 Å². The Morgan fingerprint density at radius 2 is 1.68 bits per heavy atom. The molecule has 1 N–H and O–H groups in total. The average Bonchev–Trinajstić information content (AvgIpc) is 2.38. The summed E-state index contributed by atoms with van der Waals surface area (Å²) in [4.78, 5) is 0. The Bertz CT molecular complexity index is 224. The van der Waals surface area contributed by atoms with Crippen LogP contribution in [0.5, 0.6) is 0 Å². The van der Waals surface area contributed by atoms with E-state index in [9.17, 15) is 13.2 Å². The minimum Gasteiger partial charge on any atom is -0.314 e. The predicted octanol–water partition coefficient (Wildman–Crippen LogP) is 4.91. The molecular weight excluding hydrogens is 251 g/mol. The first-order valence-electron chi connectivity index (χ1n) is 7.79. The van der Waals surface area contributed by atoms with Crippen molar-refractivity contribution in [1.29, 1.82) is 0 Å². The topological polar surface area (TPSA) is 12.0 Å². The van der Waals surface area contributed by atoms with Gasteiger partial charge in [0, 0.05) is 6.04 Å². The van der Waals surface area contributed by atoms with Crippen LogP contribution in [0.3, 0.4) is 0 Å². The zero-order chi connectivity index (χ0) is 14.3. The Balaban J connectivity index is 2.44. The molecule has 1 aliphatic rings. The van der Waals surface area contributed by atoms with Crippen LogP contribution in [0.1, 0.15) is 65.2 Å². The fourth-order valence-electron chi connectivity index (χ4n) is 3.11. The van der Waals surface area contributed by atoms with Gasteiger partial charge in [-0.2, -0.15) is 13.2 Å². The summed E-state index contributed by atoms with van der Waals surface area (Å²) in [5.74, 6) is -0.613. The molecule has 19 heavy (non-hydrogen) atoms. The van der Waals surface area contributed by atoms with Crippen molar-refractivity contribution >= 4 is 0 Å². The van der Waals surface area contributed by atoms with Gasteiger partial charge in [0.15, 0.2) is 0 Å². The molecule has 1 atom stereocenters. The summed E-state index contributed by atoms with van der Waals surface area (Å²) in [6, 6.07) is 0.425. The largest absolute Gasteiger partial charge is 0.391 e. The van der Waals surface area contributed by atoms with E-state index in [1.807, 2.05) is 0 Å². The molecule has 1 nitrogen and oxygen atoms in total. The molecule has 0 heterocycles. The third-order valence-electron chi connectivity index (χ3n) is 4.33. The Morgan fingerprint density at radius 1 is 1.05 bits per heavy atom. The van der Waals surface area contributed by atoms with E-state index in [0.717, 1.165) is 38.6 Å². The first-order valence-corrected chi connectivity index (χ1v) is 7.79. The van der Waals surface area contributed by atoms with Gasteiger partial charge in [0.05, 0.1) is 5.92 Å². The van der Waals surface area contributed by atoms with Gasteiger partial charge >= 0.3 is 6.18 Å². The minimum absolute atomic E-state index is 0.324. The summed E-state index contributed by atoms with van der Waals surface area (Å²) in [6.45, 7) is 5.27. The van der Waals surface area contributed by atoms with E-state index in [0.29, 0.717) is 24.8 Å². The normalized spacial score (nSPS) is 26.4. The Kier molecular flexibility index (Phi) is 7.19. The van der Waals surface area contributed by atoms with Gasteiger partial charge in [0.25, 0.3) is 0 Å². The standard InChI is InChI=1S/C15H28F3N/c1-3-5-6-14(19-11-4-2)12-7-9-13(10-8-12)15(16,17)18/h12-14,19H,3-11H2,1-2H3. The fraction of sp³-hybridized carbons (Fsp3) is 1.00. The van der Waals surface area contributed by atoms with E-state index in [2.05, 4.69) is 19.2 Å². The maximum absolute atomic E-state index is 12.7. The van der Waals surface area contributed by atoms with Gasteiger partial charge < -0.3 is 5.32 Å². The molecule has 0 saturated heterocycles. The molecule has 0 radical (unpaired) electrons. The molecule has 1 fully saturated rings. The average molecular weight is 279 g/mol. The summed E-state index contributed by atoms with van der Waals surface area (Å²) >= 11 is 0. The molecule has 0 aromatic rings. The lowest BCUT2D eigenvalue weighted by Crippen LogP contribution is -2.40. The van der Waals surface area contributed by atoms with Crippen molar-refractivity contribution in [3.8, 4) is 0 Å². The molecule has 1 aliphatic carbocycles. The van der Waals surface area contributed by atoms with E-state index >= 15 is 0 Å². The van der Waals surface area contributed by atoms with Crippen molar-refractivity contribution in [3.63, 3.8) is 0 Å². The second kappa shape index (κ2) is 8.13. The Hall–Kier alpha value is -0.250. The number of rotatable bonds is 7. The van der Waals surface area contributed by atoms with E-state index in [-0.39, 0.29) is 0 Å². The summed E-state index contributed by atoms with van der Waals surface area (Å²) in [6.07, 6.45) is 2.64. The zero-order valence-electron chi connectivity index (χ0n) is 12.2. The number of hydrogen-bond donors (Lipinski definition) is 1. The predicted molar refractivity (Wildman–Crippen MR) is 73.1 cm³/mol. The Labute approximate surface area is 115 Å². The molecule has 0 aliphatic heterocycles. The van der Waals surface area contributed by atoms with E-state index in [1.54, 1.807) is 0 Å². The molecule has 114 valence electrons. The van der Waals surface area contributed by atoms with Crippen molar-refractivity contribution < 1.29 is 13.2 Å². The molecule has 0 amide bonds. The molecule has 0 spiro atoms. The van der Waals surface area contributed by atoms with E-state index in [4.69, 9.17) is 0 Å². The molecule has 1 unspecified atom stereocenters. The molecule has 1 saturated carbocycles. The Morgan fingerprint density at radius 3 is 2.16 bits per heavy atom. The van der Waals surface area contributed by atoms with Crippen LogP contribution in [0.2, 0.25) is 0 Å². The van der Waals surface area contributed by atoms with Gasteiger partial charge in [0.1, 0.15) is 0 Å². The smallest absolute Gasteiger partial charge is 0.314 e. The van der Waals surface area contributed by atoms with Gasteiger partial charge in [0.2, 0.25) is 0 Å².